The molecule has 0 amide bonds. The Labute approximate surface area is 178 Å². The Morgan fingerprint density at radius 3 is 2.74 bits per heavy atom. The van der Waals surface area contributed by atoms with E-state index in [1.54, 1.807) is 7.11 Å². The summed E-state index contributed by atoms with van der Waals surface area (Å²) in [5.74, 6) is 2.72. The van der Waals surface area contributed by atoms with Crippen molar-refractivity contribution in [2.45, 2.75) is 31.7 Å². The molecular weight excluding hydrogens is 453 g/mol. The second-order valence-electron chi connectivity index (χ2n) is 6.60. The van der Waals surface area contributed by atoms with Gasteiger partial charge in [0.15, 0.2) is 5.96 Å². The van der Waals surface area contributed by atoms with E-state index >= 15 is 0 Å². The lowest BCUT2D eigenvalue weighted by Crippen LogP contribution is -2.37. The third-order valence-corrected chi connectivity index (χ3v) is 4.81. The van der Waals surface area contributed by atoms with Gasteiger partial charge in [0.05, 0.1) is 19.8 Å². The summed E-state index contributed by atoms with van der Waals surface area (Å²) in [5, 5.41) is 3.33. The number of methoxy groups -OCH3 is 1. The maximum Gasteiger partial charge on any atom is 0.189 e. The first-order valence-corrected chi connectivity index (χ1v) is 9.09. The molecule has 1 aliphatic rings. The fourth-order valence-electron chi connectivity index (χ4n) is 3.19. The van der Waals surface area contributed by atoms with Gasteiger partial charge in [0, 0.05) is 18.5 Å². The number of fused-ring (bicyclic) bond motifs is 1. The molecular formula is C21H28IN3O2. The van der Waals surface area contributed by atoms with Crippen LogP contribution in [0.25, 0.3) is 0 Å². The number of halogens is 1. The van der Waals surface area contributed by atoms with Gasteiger partial charge < -0.3 is 20.5 Å². The number of guanidine groups is 1. The molecule has 3 N–H and O–H groups in total. The first kappa shape index (κ1) is 21.3. The molecule has 0 aliphatic carbocycles. The third-order valence-electron chi connectivity index (χ3n) is 4.81. The minimum Gasteiger partial charge on any atom is -0.497 e. The van der Waals surface area contributed by atoms with Crippen molar-refractivity contribution >= 4 is 29.9 Å². The van der Waals surface area contributed by atoms with E-state index in [1.807, 2.05) is 30.3 Å². The first-order valence-electron chi connectivity index (χ1n) is 9.09. The van der Waals surface area contributed by atoms with Gasteiger partial charge in [-0.3, -0.25) is 4.99 Å². The van der Waals surface area contributed by atoms with Crippen molar-refractivity contribution in [3.8, 4) is 11.5 Å². The number of nitrogens with one attached hydrogen (secondary N) is 1. The molecule has 1 aliphatic heterocycles. The fraction of sp³-hybridized carbons (Fsp3) is 0.381. The molecule has 6 heteroatoms. The summed E-state index contributed by atoms with van der Waals surface area (Å²) in [6.45, 7) is 3.59. The molecule has 27 heavy (non-hydrogen) atoms. The molecule has 146 valence electrons. The number of ether oxygens (including phenoxy) is 2. The van der Waals surface area contributed by atoms with E-state index in [0.29, 0.717) is 25.0 Å². The van der Waals surface area contributed by atoms with Crippen LogP contribution in [0.15, 0.2) is 53.5 Å². The number of nitrogens with two attached hydrogens (primary N) is 1. The molecule has 5 nitrogen and oxygen atoms in total. The highest BCUT2D eigenvalue weighted by Gasteiger charge is 2.21. The van der Waals surface area contributed by atoms with E-state index in [0.717, 1.165) is 29.9 Å². The molecule has 0 aromatic heterocycles. The van der Waals surface area contributed by atoms with Gasteiger partial charge in [-0.2, -0.15) is 0 Å². The largest absolute Gasteiger partial charge is 0.497 e. The Hall–Kier alpha value is -1.96. The lowest BCUT2D eigenvalue weighted by Gasteiger charge is -2.27. The number of hydrogen-bond donors (Lipinski definition) is 2. The minimum absolute atomic E-state index is 0. The summed E-state index contributed by atoms with van der Waals surface area (Å²) in [4.78, 5) is 4.51. The Bertz CT molecular complexity index is 749. The molecule has 0 saturated heterocycles. The molecule has 1 heterocycles. The van der Waals surface area contributed by atoms with Gasteiger partial charge in [-0.25, -0.2) is 0 Å². The van der Waals surface area contributed by atoms with Crippen LogP contribution in [0.2, 0.25) is 0 Å². The van der Waals surface area contributed by atoms with Crippen LogP contribution in [-0.2, 0) is 0 Å². The monoisotopic (exact) mass is 481 g/mol. The maximum absolute atomic E-state index is 6.11. The summed E-state index contributed by atoms with van der Waals surface area (Å²) >= 11 is 0. The predicted octanol–water partition coefficient (Wildman–Crippen LogP) is 4.23. The van der Waals surface area contributed by atoms with Crippen molar-refractivity contribution in [2.24, 2.45) is 10.7 Å². The van der Waals surface area contributed by atoms with Crippen LogP contribution in [-0.4, -0.2) is 26.2 Å². The Balaban J connectivity index is 0.00000261. The summed E-state index contributed by atoms with van der Waals surface area (Å²) in [6, 6.07) is 16.4. The van der Waals surface area contributed by atoms with E-state index in [-0.39, 0.29) is 30.0 Å². The van der Waals surface area contributed by atoms with Crippen molar-refractivity contribution < 1.29 is 9.47 Å². The van der Waals surface area contributed by atoms with E-state index in [1.165, 1.54) is 5.56 Å². The second-order valence-corrected chi connectivity index (χ2v) is 6.60. The second kappa shape index (κ2) is 10.4. The van der Waals surface area contributed by atoms with Crippen molar-refractivity contribution in [3.05, 3.63) is 59.7 Å². The molecule has 2 unspecified atom stereocenters. The zero-order chi connectivity index (χ0) is 18.4. The number of hydrogen-bond acceptors (Lipinski definition) is 3. The first-order chi connectivity index (χ1) is 12.7. The summed E-state index contributed by atoms with van der Waals surface area (Å²) < 4.78 is 10.9. The van der Waals surface area contributed by atoms with Crippen LogP contribution in [0.5, 0.6) is 11.5 Å². The number of benzene rings is 2. The lowest BCUT2D eigenvalue weighted by molar-refractivity contribution is 0.262. The fourth-order valence-corrected chi connectivity index (χ4v) is 3.19. The molecule has 2 aromatic rings. The highest BCUT2D eigenvalue weighted by atomic mass is 127. The quantitative estimate of drug-likeness (QED) is 0.368. The van der Waals surface area contributed by atoms with Gasteiger partial charge in [-0.15, -0.1) is 24.0 Å². The van der Waals surface area contributed by atoms with Gasteiger partial charge >= 0.3 is 0 Å². The molecule has 2 atom stereocenters. The Morgan fingerprint density at radius 2 is 2.00 bits per heavy atom. The third kappa shape index (κ3) is 5.76. The van der Waals surface area contributed by atoms with Crippen molar-refractivity contribution in [1.29, 1.82) is 0 Å². The molecule has 0 spiro atoms. The van der Waals surface area contributed by atoms with Crippen molar-refractivity contribution in [3.63, 3.8) is 0 Å². The molecule has 0 bridgehead atoms. The van der Waals surface area contributed by atoms with E-state index < -0.39 is 0 Å². The van der Waals surface area contributed by atoms with Gasteiger partial charge in [0.2, 0.25) is 0 Å². The predicted molar refractivity (Wildman–Crippen MR) is 120 cm³/mol. The molecule has 0 saturated carbocycles. The lowest BCUT2D eigenvalue weighted by atomic mass is 9.98. The average molecular weight is 481 g/mol. The Morgan fingerprint density at radius 1 is 1.26 bits per heavy atom. The smallest absolute Gasteiger partial charge is 0.189 e. The number of nitrogens with zero attached hydrogens (tertiary/aromatic N) is 1. The van der Waals surface area contributed by atoms with Gasteiger partial charge in [0.25, 0.3) is 0 Å². The minimum atomic E-state index is 0. The molecule has 2 aromatic carbocycles. The van der Waals surface area contributed by atoms with Crippen LogP contribution < -0.4 is 20.5 Å². The normalized spacial score (nSPS) is 17.1. The average Bonchev–Trinajstić information content (AvgIpc) is 2.68. The summed E-state index contributed by atoms with van der Waals surface area (Å²) in [6.07, 6.45) is 1.83. The highest BCUT2D eigenvalue weighted by molar-refractivity contribution is 14.0. The van der Waals surface area contributed by atoms with Crippen LogP contribution in [0.1, 0.15) is 42.9 Å². The van der Waals surface area contributed by atoms with Gasteiger partial charge in [0.1, 0.15) is 11.5 Å². The van der Waals surface area contributed by atoms with Crippen LogP contribution in [0.4, 0.5) is 0 Å². The summed E-state index contributed by atoms with van der Waals surface area (Å²) in [5.41, 5.74) is 8.53. The number of aliphatic imine (C=N–C) groups is 1. The standard InChI is InChI=1S/C21H27N3O2.HI/c1-15(16-7-9-17(25-2)10-8-16)11-13-23-21(22)24-19-12-14-26-20-6-4-3-5-18(19)20;/h3-10,15,19H,11-14H2,1-2H3,(H3,22,23,24);1H. The Kier molecular flexibility index (Phi) is 8.22. The molecule has 3 rings (SSSR count). The van der Waals surface area contributed by atoms with Crippen molar-refractivity contribution in [2.75, 3.05) is 20.3 Å². The van der Waals surface area contributed by atoms with Crippen LogP contribution >= 0.6 is 24.0 Å². The van der Waals surface area contributed by atoms with Crippen LogP contribution in [0.3, 0.4) is 0 Å². The maximum atomic E-state index is 6.11. The van der Waals surface area contributed by atoms with Gasteiger partial charge in [-0.05, 0) is 36.1 Å². The van der Waals surface area contributed by atoms with E-state index in [4.69, 9.17) is 15.2 Å². The van der Waals surface area contributed by atoms with E-state index in [2.05, 4.69) is 35.4 Å². The SMILES string of the molecule is COc1ccc(C(C)CCN=C(N)NC2CCOc3ccccc32)cc1.I. The van der Waals surface area contributed by atoms with Gasteiger partial charge in [-0.1, -0.05) is 37.3 Å². The topological polar surface area (TPSA) is 68.9 Å². The number of rotatable bonds is 6. The zero-order valence-corrected chi connectivity index (χ0v) is 18.2. The van der Waals surface area contributed by atoms with Crippen molar-refractivity contribution in [1.82, 2.24) is 5.32 Å². The van der Waals surface area contributed by atoms with Crippen LogP contribution in [0, 0.1) is 0 Å². The molecule has 0 radical (unpaired) electrons. The molecule has 0 fully saturated rings. The van der Waals surface area contributed by atoms with E-state index in [9.17, 15) is 0 Å². The zero-order valence-electron chi connectivity index (χ0n) is 15.9. The highest BCUT2D eigenvalue weighted by Crippen LogP contribution is 2.31. The summed E-state index contributed by atoms with van der Waals surface area (Å²) in [7, 11) is 1.68. The number of para-hydroxylation sites is 1.